The molecule has 5 nitrogen and oxygen atoms in total. The van der Waals surface area contributed by atoms with E-state index < -0.39 is 6.03 Å². The van der Waals surface area contributed by atoms with Crippen molar-refractivity contribution in [3.8, 4) is 5.88 Å². The van der Waals surface area contributed by atoms with Gasteiger partial charge >= 0.3 is 6.03 Å². The highest BCUT2D eigenvalue weighted by atomic mass is 16.5. The lowest BCUT2D eigenvalue weighted by molar-refractivity contribution is 0.259. The number of amides is 2. The lowest BCUT2D eigenvalue weighted by Crippen LogP contribution is -2.22. The monoisotopic (exact) mass is 249 g/mol. The molecule has 0 radical (unpaired) electrons. The Morgan fingerprint density at radius 2 is 2.17 bits per heavy atom. The molecule has 1 aliphatic rings. The van der Waals surface area contributed by atoms with E-state index in [0.29, 0.717) is 5.88 Å². The summed E-state index contributed by atoms with van der Waals surface area (Å²) < 4.78 is 5.35. The highest BCUT2D eigenvalue weighted by Crippen LogP contribution is 2.39. The molecule has 0 saturated carbocycles. The Morgan fingerprint density at radius 1 is 1.44 bits per heavy atom. The third kappa shape index (κ3) is 2.12. The van der Waals surface area contributed by atoms with Gasteiger partial charge in [0.15, 0.2) is 0 Å². The molecule has 1 aliphatic carbocycles. The van der Waals surface area contributed by atoms with Crippen LogP contribution in [0.1, 0.15) is 43.0 Å². The number of primary amides is 1. The van der Waals surface area contributed by atoms with Crippen LogP contribution in [-0.4, -0.2) is 18.1 Å². The smallest absolute Gasteiger partial charge is 0.316 e. The van der Waals surface area contributed by atoms with Gasteiger partial charge in [-0.05, 0) is 30.7 Å². The molecule has 0 aromatic carbocycles. The SMILES string of the molecule is COc1nc2c(c(NC(N)=O)c1C(C)C)CCC2. The molecular formula is C13H19N3O2. The predicted molar refractivity (Wildman–Crippen MR) is 70.1 cm³/mol. The van der Waals surface area contributed by atoms with Crippen LogP contribution in [0.2, 0.25) is 0 Å². The lowest BCUT2D eigenvalue weighted by Gasteiger charge is -2.19. The molecule has 1 heterocycles. The van der Waals surface area contributed by atoms with Crippen molar-refractivity contribution in [3.63, 3.8) is 0 Å². The fraction of sp³-hybridized carbons (Fsp3) is 0.538. The molecule has 0 aliphatic heterocycles. The third-order valence-electron chi connectivity index (χ3n) is 3.25. The van der Waals surface area contributed by atoms with Gasteiger partial charge < -0.3 is 15.8 Å². The van der Waals surface area contributed by atoms with Crippen LogP contribution >= 0.6 is 0 Å². The van der Waals surface area contributed by atoms with Gasteiger partial charge in [-0.2, -0.15) is 0 Å². The lowest BCUT2D eigenvalue weighted by atomic mass is 9.98. The number of carbonyl (C=O) groups excluding carboxylic acids is 1. The van der Waals surface area contributed by atoms with Crippen LogP contribution in [-0.2, 0) is 12.8 Å². The van der Waals surface area contributed by atoms with Crippen LogP contribution in [0.25, 0.3) is 0 Å². The van der Waals surface area contributed by atoms with Crippen molar-refractivity contribution in [2.24, 2.45) is 5.73 Å². The van der Waals surface area contributed by atoms with Gasteiger partial charge in [0, 0.05) is 11.3 Å². The van der Waals surface area contributed by atoms with E-state index >= 15 is 0 Å². The number of fused-ring (bicyclic) bond motifs is 1. The van der Waals surface area contributed by atoms with Crippen molar-refractivity contribution in [1.29, 1.82) is 0 Å². The summed E-state index contributed by atoms with van der Waals surface area (Å²) in [6.45, 7) is 4.10. The van der Waals surface area contributed by atoms with Crippen molar-refractivity contribution < 1.29 is 9.53 Å². The largest absolute Gasteiger partial charge is 0.481 e. The van der Waals surface area contributed by atoms with Crippen LogP contribution in [0.4, 0.5) is 10.5 Å². The summed E-state index contributed by atoms with van der Waals surface area (Å²) in [5.41, 5.74) is 9.12. The number of nitrogens with two attached hydrogens (primary N) is 1. The first-order valence-corrected chi connectivity index (χ1v) is 6.20. The fourth-order valence-corrected chi connectivity index (χ4v) is 2.53. The zero-order chi connectivity index (χ0) is 13.3. The summed E-state index contributed by atoms with van der Waals surface area (Å²) in [7, 11) is 1.60. The van der Waals surface area contributed by atoms with E-state index in [1.54, 1.807) is 7.11 Å². The van der Waals surface area contributed by atoms with E-state index in [9.17, 15) is 4.79 Å². The van der Waals surface area contributed by atoms with E-state index in [0.717, 1.165) is 41.8 Å². The number of hydrogen-bond donors (Lipinski definition) is 2. The van der Waals surface area contributed by atoms with Gasteiger partial charge in [0.2, 0.25) is 5.88 Å². The van der Waals surface area contributed by atoms with Gasteiger partial charge in [0.1, 0.15) is 0 Å². The number of aryl methyl sites for hydroxylation is 1. The Hall–Kier alpha value is -1.78. The van der Waals surface area contributed by atoms with Crippen molar-refractivity contribution >= 4 is 11.7 Å². The number of anilines is 1. The molecule has 1 aromatic rings. The molecule has 2 rings (SSSR count). The zero-order valence-corrected chi connectivity index (χ0v) is 11.0. The van der Waals surface area contributed by atoms with E-state index in [1.807, 2.05) is 13.8 Å². The number of carbonyl (C=O) groups is 1. The van der Waals surface area contributed by atoms with Gasteiger partial charge in [-0.3, -0.25) is 0 Å². The Balaban J connectivity index is 2.63. The quantitative estimate of drug-likeness (QED) is 0.862. The molecule has 18 heavy (non-hydrogen) atoms. The molecule has 0 atom stereocenters. The summed E-state index contributed by atoms with van der Waals surface area (Å²) in [5, 5.41) is 2.75. The second-order valence-electron chi connectivity index (χ2n) is 4.83. The molecule has 0 bridgehead atoms. The molecule has 1 aromatic heterocycles. The first kappa shape index (κ1) is 12.7. The minimum absolute atomic E-state index is 0.209. The summed E-state index contributed by atoms with van der Waals surface area (Å²) >= 11 is 0. The average molecular weight is 249 g/mol. The number of nitrogens with zero attached hydrogens (tertiary/aromatic N) is 1. The van der Waals surface area contributed by atoms with E-state index in [1.165, 1.54) is 0 Å². The first-order chi connectivity index (χ1) is 8.54. The van der Waals surface area contributed by atoms with E-state index in [2.05, 4.69) is 10.3 Å². The van der Waals surface area contributed by atoms with E-state index in [4.69, 9.17) is 10.5 Å². The number of aromatic nitrogens is 1. The topological polar surface area (TPSA) is 77.2 Å². The van der Waals surface area contributed by atoms with Gasteiger partial charge in [0.25, 0.3) is 0 Å². The summed E-state index contributed by atoms with van der Waals surface area (Å²) in [5.74, 6) is 0.801. The zero-order valence-electron chi connectivity index (χ0n) is 11.0. The van der Waals surface area contributed by atoms with Crippen LogP contribution in [0.5, 0.6) is 5.88 Å². The highest BCUT2D eigenvalue weighted by Gasteiger charge is 2.25. The third-order valence-corrected chi connectivity index (χ3v) is 3.25. The second kappa shape index (κ2) is 4.84. The van der Waals surface area contributed by atoms with Crippen molar-refractivity contribution in [1.82, 2.24) is 4.98 Å². The molecule has 3 N–H and O–H groups in total. The number of rotatable bonds is 3. The standard InChI is InChI=1S/C13H19N3O2/c1-7(2)10-11(16-13(14)17)8-5-4-6-9(8)15-12(10)18-3/h7H,4-6H2,1-3H3,(H3,14,15,16,17). The first-order valence-electron chi connectivity index (χ1n) is 6.20. The molecular weight excluding hydrogens is 230 g/mol. The van der Waals surface area contributed by atoms with Gasteiger partial charge in [0.05, 0.1) is 12.8 Å². The van der Waals surface area contributed by atoms with Crippen molar-refractivity contribution in [3.05, 3.63) is 16.8 Å². The Bertz CT molecular complexity index is 484. The molecule has 98 valence electrons. The van der Waals surface area contributed by atoms with Crippen molar-refractivity contribution in [2.75, 3.05) is 12.4 Å². The number of urea groups is 1. The normalized spacial score (nSPS) is 13.6. The minimum atomic E-state index is -0.542. The highest BCUT2D eigenvalue weighted by molar-refractivity contribution is 5.90. The summed E-state index contributed by atoms with van der Waals surface area (Å²) in [6.07, 6.45) is 2.92. The summed E-state index contributed by atoms with van der Waals surface area (Å²) in [6, 6.07) is -0.542. The Morgan fingerprint density at radius 3 is 2.72 bits per heavy atom. The van der Waals surface area contributed by atoms with E-state index in [-0.39, 0.29) is 5.92 Å². The molecule has 0 fully saturated rings. The predicted octanol–water partition coefficient (Wildman–Crippen LogP) is 2.19. The second-order valence-corrected chi connectivity index (χ2v) is 4.83. The Kier molecular flexibility index (Phi) is 3.41. The number of ether oxygens (including phenoxy) is 1. The van der Waals surface area contributed by atoms with Gasteiger partial charge in [-0.25, -0.2) is 9.78 Å². The molecule has 2 amide bonds. The minimum Gasteiger partial charge on any atom is -0.481 e. The van der Waals surface area contributed by atoms with Crippen LogP contribution in [0.15, 0.2) is 0 Å². The number of nitrogens with one attached hydrogen (secondary N) is 1. The number of methoxy groups -OCH3 is 1. The number of hydrogen-bond acceptors (Lipinski definition) is 3. The molecule has 5 heteroatoms. The Labute approximate surface area is 107 Å². The van der Waals surface area contributed by atoms with Gasteiger partial charge in [-0.15, -0.1) is 0 Å². The molecule has 0 saturated heterocycles. The maximum atomic E-state index is 11.2. The molecule has 0 unspecified atom stereocenters. The average Bonchev–Trinajstić information content (AvgIpc) is 2.75. The van der Waals surface area contributed by atoms with Crippen molar-refractivity contribution in [2.45, 2.75) is 39.0 Å². The van der Waals surface area contributed by atoms with Crippen LogP contribution < -0.4 is 15.8 Å². The maximum Gasteiger partial charge on any atom is 0.316 e. The van der Waals surface area contributed by atoms with Gasteiger partial charge in [-0.1, -0.05) is 13.8 Å². The fourth-order valence-electron chi connectivity index (χ4n) is 2.53. The maximum absolute atomic E-state index is 11.2. The van der Waals surface area contributed by atoms with Crippen LogP contribution in [0.3, 0.4) is 0 Å². The summed E-state index contributed by atoms with van der Waals surface area (Å²) in [4.78, 5) is 15.7. The van der Waals surface area contributed by atoms with Crippen LogP contribution in [0, 0.1) is 0 Å². The number of pyridine rings is 1. The molecule has 0 spiro atoms.